The van der Waals surface area contributed by atoms with Crippen LogP contribution in [0.1, 0.15) is 12.8 Å². The van der Waals surface area contributed by atoms with E-state index in [9.17, 15) is 9.59 Å². The molecule has 102 valence electrons. The summed E-state index contributed by atoms with van der Waals surface area (Å²) >= 11 is 4.83. The molecule has 2 rings (SSSR count). The lowest BCUT2D eigenvalue weighted by atomic mass is 10.2. The Morgan fingerprint density at radius 1 is 1.47 bits per heavy atom. The van der Waals surface area contributed by atoms with Crippen molar-refractivity contribution in [2.24, 2.45) is 0 Å². The van der Waals surface area contributed by atoms with E-state index >= 15 is 0 Å². The summed E-state index contributed by atoms with van der Waals surface area (Å²) in [6, 6.07) is 7.69. The van der Waals surface area contributed by atoms with Gasteiger partial charge in [0.2, 0.25) is 0 Å². The van der Waals surface area contributed by atoms with Gasteiger partial charge in [0.25, 0.3) is 0 Å². The monoisotopic (exact) mass is 343 g/mol. The van der Waals surface area contributed by atoms with Crippen molar-refractivity contribution in [3.05, 3.63) is 28.7 Å². The molecule has 1 amide bonds. The Morgan fingerprint density at radius 3 is 2.95 bits per heavy atom. The number of halogens is 1. The van der Waals surface area contributed by atoms with Crippen molar-refractivity contribution in [2.45, 2.75) is 23.0 Å². The van der Waals surface area contributed by atoms with Crippen LogP contribution in [0.2, 0.25) is 0 Å². The highest BCUT2D eigenvalue weighted by Gasteiger charge is 2.28. The molecule has 1 aromatic rings. The van der Waals surface area contributed by atoms with E-state index in [1.165, 1.54) is 16.7 Å². The Kier molecular flexibility index (Phi) is 4.87. The summed E-state index contributed by atoms with van der Waals surface area (Å²) in [6.45, 7) is 0.710. The molecule has 1 saturated heterocycles. The van der Waals surface area contributed by atoms with Gasteiger partial charge in [-0.05, 0) is 24.6 Å². The Bertz CT molecular complexity index is 495. The Morgan fingerprint density at radius 2 is 2.26 bits per heavy atom. The second kappa shape index (κ2) is 6.43. The predicted octanol–water partition coefficient (Wildman–Crippen LogP) is 3.25. The molecule has 0 spiro atoms. The van der Waals surface area contributed by atoms with E-state index < -0.39 is 6.09 Å². The first-order chi connectivity index (χ1) is 9.06. The number of thioether (sulfide) groups is 1. The van der Waals surface area contributed by atoms with Crippen LogP contribution in [0.5, 0.6) is 0 Å². The quantitative estimate of drug-likeness (QED) is 0.895. The fourth-order valence-corrected chi connectivity index (χ4v) is 3.71. The first-order valence-corrected chi connectivity index (χ1v) is 7.66. The smallest absolute Gasteiger partial charge is 0.407 e. The fourth-order valence-electron chi connectivity index (χ4n) is 1.98. The van der Waals surface area contributed by atoms with Crippen LogP contribution in [-0.2, 0) is 4.79 Å². The number of nitrogens with zero attached hydrogens (tertiary/aromatic N) is 1. The van der Waals surface area contributed by atoms with Crippen LogP contribution in [0.3, 0.4) is 0 Å². The fraction of sp³-hybridized carbons (Fsp3) is 0.385. The minimum absolute atomic E-state index is 0.133. The molecule has 1 unspecified atom stereocenters. The van der Waals surface area contributed by atoms with E-state index in [1.54, 1.807) is 0 Å². The van der Waals surface area contributed by atoms with Crippen molar-refractivity contribution in [3.63, 3.8) is 0 Å². The molecule has 6 heteroatoms. The third kappa shape index (κ3) is 3.98. The summed E-state index contributed by atoms with van der Waals surface area (Å²) in [5, 5.41) is 8.76. The maximum atomic E-state index is 12.0. The van der Waals surface area contributed by atoms with Crippen molar-refractivity contribution in [1.82, 2.24) is 4.90 Å². The summed E-state index contributed by atoms with van der Waals surface area (Å²) in [4.78, 5) is 25.4. The van der Waals surface area contributed by atoms with E-state index in [2.05, 4.69) is 15.9 Å². The first kappa shape index (κ1) is 14.4. The normalized spacial score (nSPS) is 20.2. The highest BCUT2D eigenvalue weighted by atomic mass is 79.9. The molecule has 0 aliphatic carbocycles. The molecule has 0 bridgehead atoms. The number of Topliss-reactive ketones (excluding diaryl/α,β-unsaturated/α-hetero) is 1. The van der Waals surface area contributed by atoms with E-state index in [-0.39, 0.29) is 17.6 Å². The molecule has 0 radical (unpaired) electrons. The molecule has 1 aromatic carbocycles. The molecule has 1 heterocycles. The second-order valence-corrected chi connectivity index (χ2v) is 6.55. The van der Waals surface area contributed by atoms with Gasteiger partial charge in [0.15, 0.2) is 0 Å². The van der Waals surface area contributed by atoms with Gasteiger partial charge in [-0.15, -0.1) is 11.8 Å². The maximum Gasteiger partial charge on any atom is 0.407 e. The minimum atomic E-state index is -0.949. The van der Waals surface area contributed by atoms with Crippen LogP contribution in [-0.4, -0.2) is 40.2 Å². The molecule has 1 aliphatic heterocycles. The number of amides is 1. The summed E-state index contributed by atoms with van der Waals surface area (Å²) in [6.07, 6.45) is 0.116. The zero-order chi connectivity index (χ0) is 13.8. The number of carbonyl (C=O) groups is 2. The number of benzene rings is 1. The van der Waals surface area contributed by atoms with Gasteiger partial charge in [-0.25, -0.2) is 4.79 Å². The van der Waals surface area contributed by atoms with Crippen molar-refractivity contribution < 1.29 is 14.7 Å². The van der Waals surface area contributed by atoms with Crippen LogP contribution >= 0.6 is 27.7 Å². The number of likely N-dealkylation sites (tertiary alicyclic amines) is 1. The van der Waals surface area contributed by atoms with Crippen molar-refractivity contribution in [3.8, 4) is 0 Å². The number of carboxylic acid groups (broad SMARTS) is 1. The van der Waals surface area contributed by atoms with Crippen molar-refractivity contribution in [1.29, 1.82) is 0 Å². The highest BCUT2D eigenvalue weighted by Crippen LogP contribution is 2.29. The van der Waals surface area contributed by atoms with Crippen LogP contribution in [0.4, 0.5) is 4.79 Å². The largest absolute Gasteiger partial charge is 0.465 e. The van der Waals surface area contributed by atoms with Gasteiger partial charge in [0.05, 0.1) is 5.25 Å². The van der Waals surface area contributed by atoms with Gasteiger partial charge in [-0.3, -0.25) is 4.79 Å². The lowest BCUT2D eigenvalue weighted by Crippen LogP contribution is -2.36. The van der Waals surface area contributed by atoms with E-state index in [1.807, 2.05) is 24.3 Å². The average Bonchev–Trinajstić information content (AvgIpc) is 2.52. The van der Waals surface area contributed by atoms with E-state index in [0.717, 1.165) is 9.37 Å². The summed E-state index contributed by atoms with van der Waals surface area (Å²) in [7, 11) is 0. The molecule has 0 saturated carbocycles. The SMILES string of the molecule is O=C1CCCN(C(=O)O)CC1Sc1cccc(Br)c1. The minimum Gasteiger partial charge on any atom is -0.465 e. The molecule has 4 nitrogen and oxygen atoms in total. The topological polar surface area (TPSA) is 57.6 Å². The third-order valence-electron chi connectivity index (χ3n) is 2.94. The molecule has 1 atom stereocenters. The molecule has 0 aromatic heterocycles. The number of ketones is 1. The summed E-state index contributed by atoms with van der Waals surface area (Å²) < 4.78 is 0.952. The van der Waals surface area contributed by atoms with Crippen LogP contribution < -0.4 is 0 Å². The van der Waals surface area contributed by atoms with Gasteiger partial charge >= 0.3 is 6.09 Å². The molecular weight excluding hydrogens is 330 g/mol. The predicted molar refractivity (Wildman–Crippen MR) is 77.6 cm³/mol. The van der Waals surface area contributed by atoms with E-state index in [4.69, 9.17) is 5.11 Å². The Balaban J connectivity index is 2.11. The Labute approximate surface area is 124 Å². The van der Waals surface area contributed by atoms with Gasteiger partial charge < -0.3 is 10.0 Å². The number of hydrogen-bond acceptors (Lipinski definition) is 3. The second-order valence-electron chi connectivity index (χ2n) is 4.36. The molecular formula is C13H14BrNO3S. The first-order valence-electron chi connectivity index (χ1n) is 5.99. The maximum absolute atomic E-state index is 12.0. The van der Waals surface area contributed by atoms with Gasteiger partial charge in [0.1, 0.15) is 5.78 Å². The number of rotatable bonds is 2. The van der Waals surface area contributed by atoms with E-state index in [0.29, 0.717) is 19.4 Å². The Hall–Kier alpha value is -1.01. The van der Waals surface area contributed by atoms with Gasteiger partial charge in [-0.2, -0.15) is 0 Å². The van der Waals surface area contributed by atoms with Crippen molar-refractivity contribution in [2.75, 3.05) is 13.1 Å². The summed E-state index contributed by atoms with van der Waals surface area (Å²) in [5.41, 5.74) is 0. The van der Waals surface area contributed by atoms with Crippen LogP contribution in [0.25, 0.3) is 0 Å². The van der Waals surface area contributed by atoms with Crippen LogP contribution in [0, 0.1) is 0 Å². The summed E-state index contributed by atoms with van der Waals surface area (Å²) in [5.74, 6) is 0.133. The zero-order valence-electron chi connectivity index (χ0n) is 10.2. The third-order valence-corrected chi connectivity index (χ3v) is 4.66. The molecule has 1 aliphatic rings. The van der Waals surface area contributed by atoms with Gasteiger partial charge in [-0.1, -0.05) is 22.0 Å². The standard InChI is InChI=1S/C13H14BrNO3S/c14-9-3-1-4-10(7-9)19-12-8-15(13(17)18)6-2-5-11(12)16/h1,3-4,7,12H,2,5-6,8H2,(H,17,18). The lowest BCUT2D eigenvalue weighted by Gasteiger charge is -2.20. The molecule has 1 N–H and O–H groups in total. The lowest BCUT2D eigenvalue weighted by molar-refractivity contribution is -0.118. The average molecular weight is 344 g/mol. The molecule has 1 fully saturated rings. The number of carbonyl (C=O) groups excluding carboxylic acids is 1. The highest BCUT2D eigenvalue weighted by molar-refractivity contribution is 9.10. The van der Waals surface area contributed by atoms with Gasteiger partial charge in [0, 0.05) is 28.9 Å². The number of hydrogen-bond donors (Lipinski definition) is 1. The van der Waals surface area contributed by atoms with Crippen LogP contribution in [0.15, 0.2) is 33.6 Å². The van der Waals surface area contributed by atoms with Crippen molar-refractivity contribution >= 4 is 39.6 Å². The molecule has 19 heavy (non-hydrogen) atoms. The zero-order valence-corrected chi connectivity index (χ0v) is 12.6.